The van der Waals surface area contributed by atoms with Crippen LogP contribution in [0.1, 0.15) is 15.9 Å². The van der Waals surface area contributed by atoms with Crippen molar-refractivity contribution >= 4 is 58.3 Å². The maximum atomic E-state index is 13.7. The standard InChI is InChI=1S/C32H27N5O5S/c1-42-28-14-8-6-12-26(28)36-30(40)25(20-34-23-10-3-2-4-11-23)31(41)37(32(36)43)35-29(39)21-15-17-24(18-16-21)33-19-22-9-5-7-13-27(22)38/h2-19,25,34,38H,20H2,1H3,(H,35,39). The van der Waals surface area contributed by atoms with E-state index in [-0.39, 0.29) is 23.0 Å². The zero-order chi connectivity index (χ0) is 30.3. The molecule has 3 N–H and O–H groups in total. The van der Waals surface area contributed by atoms with Crippen molar-refractivity contribution in [3.8, 4) is 11.5 Å². The first-order valence-corrected chi connectivity index (χ1v) is 13.6. The summed E-state index contributed by atoms with van der Waals surface area (Å²) in [4.78, 5) is 46.2. The van der Waals surface area contributed by atoms with Gasteiger partial charge in [0.15, 0.2) is 0 Å². The highest BCUT2D eigenvalue weighted by Gasteiger charge is 2.46. The Bertz CT molecular complexity index is 1690. The lowest BCUT2D eigenvalue weighted by Crippen LogP contribution is -2.65. The van der Waals surface area contributed by atoms with Crippen LogP contribution in [0.25, 0.3) is 0 Å². The van der Waals surface area contributed by atoms with E-state index in [0.717, 1.165) is 10.7 Å². The summed E-state index contributed by atoms with van der Waals surface area (Å²) < 4.78 is 5.45. The molecule has 5 rings (SSSR count). The van der Waals surface area contributed by atoms with E-state index >= 15 is 0 Å². The number of ether oxygens (including phenoxy) is 1. The Labute approximate surface area is 253 Å². The highest BCUT2D eigenvalue weighted by atomic mass is 32.1. The number of hydrogen-bond acceptors (Lipinski definition) is 8. The number of aromatic hydroxyl groups is 1. The number of phenolic OH excluding ortho intramolecular Hbond substituents is 1. The van der Waals surface area contributed by atoms with Crippen molar-refractivity contribution in [1.29, 1.82) is 0 Å². The molecule has 11 heteroatoms. The third-order valence-corrected chi connectivity index (χ3v) is 7.03. The third kappa shape index (κ3) is 6.36. The van der Waals surface area contributed by atoms with Gasteiger partial charge in [-0.15, -0.1) is 0 Å². The molecule has 1 heterocycles. The lowest BCUT2D eigenvalue weighted by Gasteiger charge is -2.39. The number of nitrogens with zero attached hydrogens (tertiary/aromatic N) is 3. The molecule has 1 fully saturated rings. The van der Waals surface area contributed by atoms with E-state index in [2.05, 4.69) is 15.7 Å². The van der Waals surface area contributed by atoms with Gasteiger partial charge in [0.1, 0.15) is 17.4 Å². The average Bonchev–Trinajstić information content (AvgIpc) is 3.03. The van der Waals surface area contributed by atoms with Crippen molar-refractivity contribution in [2.45, 2.75) is 0 Å². The molecule has 0 radical (unpaired) electrons. The topological polar surface area (TPSA) is 124 Å². The van der Waals surface area contributed by atoms with E-state index < -0.39 is 23.6 Å². The van der Waals surface area contributed by atoms with Gasteiger partial charge in [0.25, 0.3) is 11.8 Å². The Balaban J connectivity index is 1.38. The average molecular weight is 594 g/mol. The van der Waals surface area contributed by atoms with E-state index in [9.17, 15) is 19.5 Å². The van der Waals surface area contributed by atoms with E-state index in [1.165, 1.54) is 18.2 Å². The number of amides is 3. The Morgan fingerprint density at radius 3 is 2.33 bits per heavy atom. The van der Waals surface area contributed by atoms with Crippen LogP contribution in [-0.2, 0) is 9.59 Å². The Hall–Kier alpha value is -5.55. The normalized spacial score (nSPS) is 15.1. The van der Waals surface area contributed by atoms with E-state index in [4.69, 9.17) is 17.0 Å². The maximum absolute atomic E-state index is 13.7. The number of carbonyl (C=O) groups excluding carboxylic acids is 3. The monoisotopic (exact) mass is 593 g/mol. The third-order valence-electron chi connectivity index (χ3n) is 6.66. The van der Waals surface area contributed by atoms with Crippen LogP contribution in [0, 0.1) is 5.92 Å². The van der Waals surface area contributed by atoms with Crippen molar-refractivity contribution in [1.82, 2.24) is 10.4 Å². The van der Waals surface area contributed by atoms with Gasteiger partial charge in [0.05, 0.1) is 18.5 Å². The number of para-hydroxylation sites is 4. The number of hydrazine groups is 1. The summed E-state index contributed by atoms with van der Waals surface area (Å²) in [5, 5.41) is 13.8. The number of methoxy groups -OCH3 is 1. The van der Waals surface area contributed by atoms with Crippen LogP contribution in [0.3, 0.4) is 0 Å². The zero-order valence-corrected chi connectivity index (χ0v) is 23.8. The SMILES string of the molecule is COc1ccccc1N1C(=O)C(CNc2ccccc2)C(=O)N(NC(=O)c2ccc(N=Cc3ccccc3O)cc2)C1=S. The Kier molecular flexibility index (Phi) is 8.73. The second-order valence-corrected chi connectivity index (χ2v) is 9.77. The summed E-state index contributed by atoms with van der Waals surface area (Å²) in [5.41, 5.74) is 4.96. The van der Waals surface area contributed by atoms with Crippen LogP contribution < -0.4 is 20.4 Å². The van der Waals surface area contributed by atoms with Gasteiger partial charge in [-0.2, -0.15) is 5.01 Å². The molecule has 216 valence electrons. The summed E-state index contributed by atoms with van der Waals surface area (Å²) in [6.45, 7) is -0.0357. The van der Waals surface area contributed by atoms with Crippen molar-refractivity contribution in [2.24, 2.45) is 10.9 Å². The molecule has 1 unspecified atom stereocenters. The van der Waals surface area contributed by atoms with Gasteiger partial charge in [-0.3, -0.25) is 29.7 Å². The number of aliphatic imine (C=N–C) groups is 1. The highest BCUT2D eigenvalue weighted by Crippen LogP contribution is 2.32. The largest absolute Gasteiger partial charge is 0.507 e. The molecule has 1 atom stereocenters. The van der Waals surface area contributed by atoms with Crippen LogP contribution >= 0.6 is 12.2 Å². The maximum Gasteiger partial charge on any atom is 0.270 e. The molecule has 3 amide bonds. The predicted octanol–water partition coefficient (Wildman–Crippen LogP) is 4.68. The molecule has 0 saturated carbocycles. The van der Waals surface area contributed by atoms with Gasteiger partial charge in [0, 0.05) is 29.6 Å². The number of benzene rings is 4. The number of thiocarbonyl (C=S) groups is 1. The lowest BCUT2D eigenvalue weighted by molar-refractivity contribution is -0.140. The van der Waals surface area contributed by atoms with Crippen molar-refractivity contribution in [3.63, 3.8) is 0 Å². The van der Waals surface area contributed by atoms with Crippen molar-refractivity contribution in [3.05, 3.63) is 114 Å². The molecule has 1 aliphatic heterocycles. The minimum absolute atomic E-state index is 0.0357. The molecular weight excluding hydrogens is 566 g/mol. The first kappa shape index (κ1) is 29.0. The number of rotatable bonds is 9. The summed E-state index contributed by atoms with van der Waals surface area (Å²) in [6, 6.07) is 29.0. The molecule has 0 bridgehead atoms. The van der Waals surface area contributed by atoms with Crippen LogP contribution in [0.2, 0.25) is 0 Å². The van der Waals surface area contributed by atoms with Crippen LogP contribution in [0.5, 0.6) is 11.5 Å². The number of hydrogen-bond donors (Lipinski definition) is 3. The molecule has 1 saturated heterocycles. The van der Waals surface area contributed by atoms with Gasteiger partial charge in [-0.25, -0.2) is 0 Å². The Morgan fingerprint density at radius 1 is 0.930 bits per heavy atom. The smallest absolute Gasteiger partial charge is 0.270 e. The van der Waals surface area contributed by atoms with Crippen LogP contribution in [0.15, 0.2) is 108 Å². The molecule has 4 aromatic carbocycles. The summed E-state index contributed by atoms with van der Waals surface area (Å²) in [5.74, 6) is -2.59. The zero-order valence-electron chi connectivity index (χ0n) is 23.0. The molecule has 0 aliphatic carbocycles. The summed E-state index contributed by atoms with van der Waals surface area (Å²) in [6.07, 6.45) is 1.52. The van der Waals surface area contributed by atoms with Crippen LogP contribution in [0.4, 0.5) is 17.1 Å². The van der Waals surface area contributed by atoms with E-state index in [1.807, 2.05) is 30.3 Å². The second kappa shape index (κ2) is 13.0. The van der Waals surface area contributed by atoms with Gasteiger partial charge in [0.2, 0.25) is 11.0 Å². The second-order valence-electron chi connectivity index (χ2n) is 9.41. The first-order valence-electron chi connectivity index (χ1n) is 13.2. The van der Waals surface area contributed by atoms with Gasteiger partial charge < -0.3 is 15.2 Å². The van der Waals surface area contributed by atoms with E-state index in [1.54, 1.807) is 72.8 Å². The fourth-order valence-corrected chi connectivity index (χ4v) is 4.73. The summed E-state index contributed by atoms with van der Waals surface area (Å²) in [7, 11) is 1.46. The summed E-state index contributed by atoms with van der Waals surface area (Å²) >= 11 is 5.58. The predicted molar refractivity (Wildman–Crippen MR) is 168 cm³/mol. The molecular formula is C32H27N5O5S. The van der Waals surface area contributed by atoms with Gasteiger partial charge in [-0.05, 0) is 72.9 Å². The Morgan fingerprint density at radius 2 is 1.60 bits per heavy atom. The number of carbonyl (C=O) groups is 3. The van der Waals surface area contributed by atoms with Gasteiger partial charge in [-0.1, -0.05) is 42.5 Å². The molecule has 0 aromatic heterocycles. The van der Waals surface area contributed by atoms with Crippen LogP contribution in [-0.4, -0.2) is 52.8 Å². The first-order chi connectivity index (χ1) is 20.9. The number of nitrogens with one attached hydrogen (secondary N) is 2. The molecule has 0 spiro atoms. The molecule has 10 nitrogen and oxygen atoms in total. The number of anilines is 2. The van der Waals surface area contributed by atoms with Gasteiger partial charge >= 0.3 is 0 Å². The lowest BCUT2D eigenvalue weighted by atomic mass is 10.0. The van der Waals surface area contributed by atoms with E-state index in [0.29, 0.717) is 22.7 Å². The molecule has 43 heavy (non-hydrogen) atoms. The minimum atomic E-state index is -1.21. The van der Waals surface area contributed by atoms with Crippen molar-refractivity contribution < 1.29 is 24.2 Å². The fourth-order valence-electron chi connectivity index (χ4n) is 4.40. The molecule has 1 aliphatic rings. The number of phenols is 1. The molecule has 4 aromatic rings. The highest BCUT2D eigenvalue weighted by molar-refractivity contribution is 7.80. The quantitative estimate of drug-likeness (QED) is 0.146. The minimum Gasteiger partial charge on any atom is -0.507 e. The fraction of sp³-hybridized carbons (Fsp3) is 0.0938. The van der Waals surface area contributed by atoms with Crippen molar-refractivity contribution in [2.75, 3.05) is 23.9 Å².